The summed E-state index contributed by atoms with van der Waals surface area (Å²) in [6.07, 6.45) is 3.68. The highest BCUT2D eigenvalue weighted by molar-refractivity contribution is 5.57. The second-order valence-corrected chi connectivity index (χ2v) is 3.84. The van der Waals surface area contributed by atoms with Gasteiger partial charge in [-0.15, -0.1) is 0 Å². The van der Waals surface area contributed by atoms with E-state index in [1.165, 1.54) is 0 Å². The van der Waals surface area contributed by atoms with Crippen LogP contribution in [0.15, 0.2) is 42.7 Å². The van der Waals surface area contributed by atoms with Crippen LogP contribution in [0.4, 0.5) is 0 Å². The van der Waals surface area contributed by atoms with E-state index in [4.69, 9.17) is 0 Å². The first-order valence-corrected chi connectivity index (χ1v) is 5.15. The first-order valence-electron chi connectivity index (χ1n) is 5.15. The number of hydrogen-bond donors (Lipinski definition) is 0. The molecule has 0 saturated heterocycles. The third-order valence-corrected chi connectivity index (χ3v) is 2.34. The van der Waals surface area contributed by atoms with Gasteiger partial charge in [-0.3, -0.25) is 9.97 Å². The van der Waals surface area contributed by atoms with Gasteiger partial charge in [-0.1, -0.05) is 19.9 Å². The van der Waals surface area contributed by atoms with E-state index < -0.39 is 0 Å². The maximum absolute atomic E-state index is 4.41. The first kappa shape index (κ1) is 9.84. The molecule has 0 bridgehead atoms. The van der Waals surface area contributed by atoms with Gasteiger partial charge in [0.15, 0.2) is 0 Å². The van der Waals surface area contributed by atoms with Gasteiger partial charge in [-0.05, 0) is 30.2 Å². The zero-order valence-electron chi connectivity index (χ0n) is 9.01. The topological polar surface area (TPSA) is 25.8 Å². The normalized spacial score (nSPS) is 10.6. The summed E-state index contributed by atoms with van der Waals surface area (Å²) in [5.74, 6) is 0.475. The summed E-state index contributed by atoms with van der Waals surface area (Å²) in [5, 5.41) is 0. The lowest BCUT2D eigenvalue weighted by molar-refractivity contribution is 0.823. The van der Waals surface area contributed by atoms with Crippen molar-refractivity contribution in [2.75, 3.05) is 0 Å². The van der Waals surface area contributed by atoms with Gasteiger partial charge in [0.1, 0.15) is 0 Å². The van der Waals surface area contributed by atoms with Crippen molar-refractivity contribution in [1.29, 1.82) is 0 Å². The van der Waals surface area contributed by atoms with Gasteiger partial charge in [0.2, 0.25) is 0 Å². The Balaban J connectivity index is 2.32. The third-order valence-electron chi connectivity index (χ3n) is 2.34. The lowest BCUT2D eigenvalue weighted by Crippen LogP contribution is -1.92. The molecule has 2 heteroatoms. The minimum atomic E-state index is 0.475. The van der Waals surface area contributed by atoms with Gasteiger partial charge < -0.3 is 0 Å². The summed E-state index contributed by atoms with van der Waals surface area (Å²) >= 11 is 0. The van der Waals surface area contributed by atoms with E-state index in [-0.39, 0.29) is 0 Å². The molecule has 0 unspecified atom stereocenters. The Bertz CT molecular complexity index is 418. The van der Waals surface area contributed by atoms with Crippen molar-refractivity contribution in [2.45, 2.75) is 19.8 Å². The summed E-state index contributed by atoms with van der Waals surface area (Å²) in [6.45, 7) is 4.28. The zero-order valence-corrected chi connectivity index (χ0v) is 9.01. The van der Waals surface area contributed by atoms with Crippen LogP contribution in [0, 0.1) is 0 Å². The van der Waals surface area contributed by atoms with Crippen molar-refractivity contribution in [3.05, 3.63) is 48.4 Å². The van der Waals surface area contributed by atoms with E-state index in [1.54, 1.807) is 6.20 Å². The number of aromatic nitrogens is 2. The highest BCUT2D eigenvalue weighted by Gasteiger charge is 2.02. The zero-order chi connectivity index (χ0) is 10.7. The summed E-state index contributed by atoms with van der Waals surface area (Å²) in [5.41, 5.74) is 3.16. The smallest absolute Gasteiger partial charge is 0.0717 e. The number of nitrogens with zero attached hydrogens (tertiary/aromatic N) is 2. The third kappa shape index (κ3) is 2.21. The van der Waals surface area contributed by atoms with Crippen LogP contribution in [0.1, 0.15) is 25.5 Å². The Labute approximate surface area is 90.0 Å². The average Bonchev–Trinajstić information content (AvgIpc) is 2.30. The van der Waals surface area contributed by atoms with Crippen LogP contribution in [0.2, 0.25) is 0 Å². The van der Waals surface area contributed by atoms with Crippen molar-refractivity contribution in [1.82, 2.24) is 9.97 Å². The Kier molecular flexibility index (Phi) is 2.77. The molecule has 0 fully saturated rings. The fourth-order valence-corrected chi connectivity index (χ4v) is 1.43. The Morgan fingerprint density at radius 3 is 2.40 bits per heavy atom. The average molecular weight is 198 g/mol. The van der Waals surface area contributed by atoms with Gasteiger partial charge >= 0.3 is 0 Å². The maximum atomic E-state index is 4.41. The quantitative estimate of drug-likeness (QED) is 0.740. The lowest BCUT2D eigenvalue weighted by Gasteiger charge is -2.05. The molecule has 0 amide bonds. The molecule has 0 radical (unpaired) electrons. The monoisotopic (exact) mass is 198 g/mol. The minimum absolute atomic E-state index is 0.475. The molecule has 15 heavy (non-hydrogen) atoms. The predicted octanol–water partition coefficient (Wildman–Crippen LogP) is 3.27. The number of pyridine rings is 2. The molecule has 2 rings (SSSR count). The van der Waals surface area contributed by atoms with Crippen LogP contribution >= 0.6 is 0 Å². The molecule has 0 spiro atoms. The van der Waals surface area contributed by atoms with Crippen molar-refractivity contribution in [3.63, 3.8) is 0 Å². The van der Waals surface area contributed by atoms with Gasteiger partial charge in [-0.25, -0.2) is 0 Å². The summed E-state index contributed by atoms with van der Waals surface area (Å²) in [7, 11) is 0. The lowest BCUT2D eigenvalue weighted by atomic mass is 10.1. The summed E-state index contributed by atoms with van der Waals surface area (Å²) in [4.78, 5) is 8.70. The van der Waals surface area contributed by atoms with Gasteiger partial charge in [0.05, 0.1) is 5.69 Å². The molecule has 2 aromatic rings. The standard InChI is InChI=1S/C13H14N2/c1-10(2)12-7-6-11(9-15-12)13-5-3-4-8-14-13/h3-10H,1-2H3. The van der Waals surface area contributed by atoms with Crippen LogP contribution in [0.3, 0.4) is 0 Å². The number of hydrogen-bond acceptors (Lipinski definition) is 2. The molecule has 0 aliphatic carbocycles. The van der Waals surface area contributed by atoms with Crippen LogP contribution in [0.5, 0.6) is 0 Å². The molecule has 2 heterocycles. The predicted molar refractivity (Wildman–Crippen MR) is 61.6 cm³/mol. The Morgan fingerprint density at radius 1 is 1.00 bits per heavy atom. The first-order chi connectivity index (χ1) is 7.27. The fourth-order valence-electron chi connectivity index (χ4n) is 1.43. The highest BCUT2D eigenvalue weighted by Crippen LogP contribution is 2.17. The van der Waals surface area contributed by atoms with Gasteiger partial charge in [-0.2, -0.15) is 0 Å². The van der Waals surface area contributed by atoms with Crippen LogP contribution in [-0.4, -0.2) is 9.97 Å². The molecule has 76 valence electrons. The Hall–Kier alpha value is -1.70. The van der Waals surface area contributed by atoms with E-state index in [2.05, 4.69) is 35.9 Å². The molecular formula is C13H14N2. The second kappa shape index (κ2) is 4.22. The molecule has 0 aliphatic rings. The van der Waals surface area contributed by atoms with Gasteiger partial charge in [0.25, 0.3) is 0 Å². The van der Waals surface area contributed by atoms with E-state index in [1.807, 2.05) is 24.4 Å². The summed E-state index contributed by atoms with van der Waals surface area (Å²) < 4.78 is 0. The fraction of sp³-hybridized carbons (Fsp3) is 0.231. The van der Waals surface area contributed by atoms with E-state index in [9.17, 15) is 0 Å². The molecule has 0 aliphatic heterocycles. The van der Waals surface area contributed by atoms with Crippen LogP contribution in [-0.2, 0) is 0 Å². The van der Waals surface area contributed by atoms with E-state index in [0.29, 0.717) is 5.92 Å². The highest BCUT2D eigenvalue weighted by atomic mass is 14.7. The largest absolute Gasteiger partial charge is 0.260 e. The van der Waals surface area contributed by atoms with Crippen LogP contribution in [0.25, 0.3) is 11.3 Å². The molecule has 2 nitrogen and oxygen atoms in total. The number of rotatable bonds is 2. The Morgan fingerprint density at radius 2 is 1.87 bits per heavy atom. The molecule has 0 saturated carbocycles. The molecular weight excluding hydrogens is 184 g/mol. The molecule has 2 aromatic heterocycles. The van der Waals surface area contributed by atoms with E-state index in [0.717, 1.165) is 17.0 Å². The van der Waals surface area contributed by atoms with Crippen molar-refractivity contribution >= 4 is 0 Å². The SMILES string of the molecule is CC(C)c1ccc(-c2ccccn2)cn1. The minimum Gasteiger partial charge on any atom is -0.260 e. The molecule has 0 N–H and O–H groups in total. The molecule has 0 atom stereocenters. The van der Waals surface area contributed by atoms with E-state index >= 15 is 0 Å². The van der Waals surface area contributed by atoms with Gasteiger partial charge in [0, 0.05) is 23.7 Å². The van der Waals surface area contributed by atoms with Crippen molar-refractivity contribution < 1.29 is 0 Å². The molecule has 0 aromatic carbocycles. The maximum Gasteiger partial charge on any atom is 0.0717 e. The van der Waals surface area contributed by atoms with Crippen molar-refractivity contribution in [3.8, 4) is 11.3 Å². The van der Waals surface area contributed by atoms with Crippen LogP contribution < -0.4 is 0 Å². The second-order valence-electron chi connectivity index (χ2n) is 3.84. The summed E-state index contributed by atoms with van der Waals surface area (Å²) in [6, 6.07) is 10.0. The van der Waals surface area contributed by atoms with Crippen molar-refractivity contribution in [2.24, 2.45) is 0 Å².